The minimum Gasteiger partial charge on any atom is -0.327 e. The highest BCUT2D eigenvalue weighted by atomic mass is 19.1. The lowest BCUT2D eigenvalue weighted by Crippen LogP contribution is -2.28. The van der Waals surface area contributed by atoms with Gasteiger partial charge in [-0.15, -0.1) is 0 Å². The van der Waals surface area contributed by atoms with Crippen molar-refractivity contribution >= 4 is 11.6 Å². The average Bonchev–Trinajstić information content (AvgIpc) is 2.70. The average molecular weight is 250 g/mol. The monoisotopic (exact) mass is 250 g/mol. The molecule has 98 valence electrons. The molecule has 1 saturated carbocycles. The van der Waals surface area contributed by atoms with Crippen LogP contribution < -0.4 is 11.1 Å². The van der Waals surface area contributed by atoms with Crippen LogP contribution in [0.25, 0.3) is 0 Å². The van der Waals surface area contributed by atoms with Crippen LogP contribution in [0.4, 0.5) is 10.1 Å². The van der Waals surface area contributed by atoms with E-state index in [1.54, 1.807) is 6.07 Å². The van der Waals surface area contributed by atoms with Crippen LogP contribution in [0.2, 0.25) is 0 Å². The van der Waals surface area contributed by atoms with Gasteiger partial charge in [-0.2, -0.15) is 0 Å². The Morgan fingerprint density at radius 1 is 1.50 bits per heavy atom. The van der Waals surface area contributed by atoms with Crippen molar-refractivity contribution in [3.05, 3.63) is 29.6 Å². The number of hydrogen-bond donors (Lipinski definition) is 2. The Kier molecular flexibility index (Phi) is 3.97. The number of amides is 1. The fourth-order valence-corrected chi connectivity index (χ4v) is 2.49. The van der Waals surface area contributed by atoms with Gasteiger partial charge in [0.15, 0.2) is 0 Å². The first kappa shape index (κ1) is 13.0. The SMILES string of the molecule is Cc1ccc(F)cc1NC(=O)C[C@@H]1CCC[C@H]1N. The van der Waals surface area contributed by atoms with Crippen molar-refractivity contribution in [1.82, 2.24) is 0 Å². The highest BCUT2D eigenvalue weighted by Gasteiger charge is 2.26. The molecule has 0 unspecified atom stereocenters. The van der Waals surface area contributed by atoms with Crippen LogP contribution >= 0.6 is 0 Å². The lowest BCUT2D eigenvalue weighted by atomic mass is 10.00. The molecule has 1 aromatic carbocycles. The topological polar surface area (TPSA) is 55.1 Å². The van der Waals surface area contributed by atoms with E-state index in [4.69, 9.17) is 5.73 Å². The van der Waals surface area contributed by atoms with Crippen LogP contribution in [-0.2, 0) is 4.79 Å². The molecule has 0 saturated heterocycles. The van der Waals surface area contributed by atoms with E-state index in [1.807, 2.05) is 6.92 Å². The maximum Gasteiger partial charge on any atom is 0.224 e. The third kappa shape index (κ3) is 3.07. The van der Waals surface area contributed by atoms with E-state index >= 15 is 0 Å². The molecule has 1 aromatic rings. The Morgan fingerprint density at radius 3 is 2.94 bits per heavy atom. The van der Waals surface area contributed by atoms with Gasteiger partial charge in [0, 0.05) is 18.2 Å². The number of nitrogens with one attached hydrogen (secondary N) is 1. The summed E-state index contributed by atoms with van der Waals surface area (Å²) in [4.78, 5) is 11.9. The number of aryl methyl sites for hydroxylation is 1. The van der Waals surface area contributed by atoms with Gasteiger partial charge in [0.05, 0.1) is 0 Å². The van der Waals surface area contributed by atoms with Gasteiger partial charge in [0.25, 0.3) is 0 Å². The number of carbonyl (C=O) groups is 1. The molecule has 3 nitrogen and oxygen atoms in total. The second-order valence-electron chi connectivity index (χ2n) is 5.07. The van der Waals surface area contributed by atoms with Crippen LogP contribution in [0.3, 0.4) is 0 Å². The van der Waals surface area contributed by atoms with Gasteiger partial charge >= 0.3 is 0 Å². The first-order valence-electron chi connectivity index (χ1n) is 6.38. The summed E-state index contributed by atoms with van der Waals surface area (Å²) in [6.45, 7) is 1.84. The Hall–Kier alpha value is -1.42. The van der Waals surface area contributed by atoms with Crippen LogP contribution in [0.15, 0.2) is 18.2 Å². The fraction of sp³-hybridized carbons (Fsp3) is 0.500. The van der Waals surface area contributed by atoms with Gasteiger partial charge in [-0.05, 0) is 43.4 Å². The molecular formula is C14H19FN2O. The predicted molar refractivity (Wildman–Crippen MR) is 69.7 cm³/mol. The minimum absolute atomic E-state index is 0.0777. The number of anilines is 1. The van der Waals surface area contributed by atoms with Crippen molar-refractivity contribution in [3.8, 4) is 0 Å². The van der Waals surface area contributed by atoms with Crippen LogP contribution in [0.5, 0.6) is 0 Å². The Morgan fingerprint density at radius 2 is 2.28 bits per heavy atom. The van der Waals surface area contributed by atoms with Gasteiger partial charge in [0.2, 0.25) is 5.91 Å². The third-order valence-corrected chi connectivity index (χ3v) is 3.64. The molecule has 0 heterocycles. The van der Waals surface area contributed by atoms with Crippen LogP contribution in [0.1, 0.15) is 31.2 Å². The van der Waals surface area contributed by atoms with Crippen molar-refractivity contribution in [2.75, 3.05) is 5.32 Å². The number of rotatable bonds is 3. The minimum atomic E-state index is -0.339. The number of nitrogens with two attached hydrogens (primary N) is 1. The van der Waals surface area contributed by atoms with Crippen LogP contribution in [0, 0.1) is 18.7 Å². The summed E-state index contributed by atoms with van der Waals surface area (Å²) in [6.07, 6.45) is 3.53. The lowest BCUT2D eigenvalue weighted by Gasteiger charge is -2.15. The highest BCUT2D eigenvalue weighted by Crippen LogP contribution is 2.27. The number of halogens is 1. The van der Waals surface area contributed by atoms with E-state index in [1.165, 1.54) is 12.1 Å². The largest absolute Gasteiger partial charge is 0.327 e. The molecule has 0 aromatic heterocycles. The van der Waals surface area contributed by atoms with Crippen molar-refractivity contribution < 1.29 is 9.18 Å². The smallest absolute Gasteiger partial charge is 0.224 e. The molecule has 0 spiro atoms. The second kappa shape index (κ2) is 5.48. The zero-order valence-electron chi connectivity index (χ0n) is 10.6. The van der Waals surface area contributed by atoms with Crippen LogP contribution in [-0.4, -0.2) is 11.9 Å². The van der Waals surface area contributed by atoms with E-state index in [0.717, 1.165) is 24.8 Å². The summed E-state index contributed by atoms with van der Waals surface area (Å²) >= 11 is 0. The van der Waals surface area contributed by atoms with Gasteiger partial charge in [-0.1, -0.05) is 12.5 Å². The predicted octanol–water partition coefficient (Wildman–Crippen LogP) is 2.59. The number of hydrogen-bond acceptors (Lipinski definition) is 2. The Bertz CT molecular complexity index is 447. The normalized spacial score (nSPS) is 23.1. The molecule has 0 radical (unpaired) electrons. The first-order valence-corrected chi connectivity index (χ1v) is 6.38. The Labute approximate surface area is 107 Å². The molecular weight excluding hydrogens is 231 g/mol. The van der Waals surface area contributed by atoms with Crippen molar-refractivity contribution in [1.29, 1.82) is 0 Å². The molecule has 0 bridgehead atoms. The molecule has 1 aliphatic rings. The molecule has 1 aliphatic carbocycles. The first-order chi connectivity index (χ1) is 8.56. The van der Waals surface area contributed by atoms with E-state index in [0.29, 0.717) is 12.1 Å². The summed E-state index contributed by atoms with van der Waals surface area (Å²) in [5.41, 5.74) is 7.34. The maximum atomic E-state index is 13.1. The van der Waals surface area contributed by atoms with Crippen molar-refractivity contribution in [2.24, 2.45) is 11.7 Å². The highest BCUT2D eigenvalue weighted by molar-refractivity contribution is 5.91. The van der Waals surface area contributed by atoms with Gasteiger partial charge in [-0.3, -0.25) is 4.79 Å². The van der Waals surface area contributed by atoms with Gasteiger partial charge < -0.3 is 11.1 Å². The van der Waals surface area contributed by atoms with E-state index in [9.17, 15) is 9.18 Å². The van der Waals surface area contributed by atoms with Gasteiger partial charge in [-0.25, -0.2) is 4.39 Å². The molecule has 4 heteroatoms. The summed E-state index contributed by atoms with van der Waals surface area (Å²) in [6, 6.07) is 4.52. The standard InChI is InChI=1S/C14H19FN2O/c1-9-5-6-11(15)8-13(9)17-14(18)7-10-3-2-4-12(10)16/h5-6,8,10,12H,2-4,7,16H2,1H3,(H,17,18)/t10-,12+/m0/s1. The van der Waals surface area contributed by atoms with E-state index in [-0.39, 0.29) is 23.7 Å². The van der Waals surface area contributed by atoms with E-state index < -0.39 is 0 Å². The third-order valence-electron chi connectivity index (χ3n) is 3.64. The maximum absolute atomic E-state index is 13.1. The van der Waals surface area contributed by atoms with Crippen molar-refractivity contribution in [2.45, 2.75) is 38.6 Å². The quantitative estimate of drug-likeness (QED) is 0.866. The zero-order chi connectivity index (χ0) is 13.1. The van der Waals surface area contributed by atoms with Gasteiger partial charge in [0.1, 0.15) is 5.82 Å². The summed E-state index contributed by atoms with van der Waals surface area (Å²) in [7, 11) is 0. The molecule has 1 fully saturated rings. The molecule has 2 rings (SSSR count). The zero-order valence-corrected chi connectivity index (χ0v) is 10.6. The Balaban J connectivity index is 1.96. The molecule has 3 N–H and O–H groups in total. The summed E-state index contributed by atoms with van der Waals surface area (Å²) < 4.78 is 13.1. The molecule has 0 aliphatic heterocycles. The second-order valence-corrected chi connectivity index (χ2v) is 5.07. The van der Waals surface area contributed by atoms with E-state index in [2.05, 4.69) is 5.32 Å². The molecule has 2 atom stereocenters. The molecule has 1 amide bonds. The number of benzene rings is 1. The number of carbonyl (C=O) groups excluding carboxylic acids is 1. The fourth-order valence-electron chi connectivity index (χ4n) is 2.49. The molecule has 18 heavy (non-hydrogen) atoms. The summed E-state index contributed by atoms with van der Waals surface area (Å²) in [5, 5.41) is 2.76. The lowest BCUT2D eigenvalue weighted by molar-refractivity contribution is -0.117. The summed E-state index contributed by atoms with van der Waals surface area (Å²) in [5.74, 6) is -0.154. The van der Waals surface area contributed by atoms with Crippen molar-refractivity contribution in [3.63, 3.8) is 0 Å².